The second-order valence-corrected chi connectivity index (χ2v) is 18.8. The summed E-state index contributed by atoms with van der Waals surface area (Å²) in [6.45, 7) is 9.41. The number of hydrogen-bond acceptors (Lipinski definition) is 12. The van der Waals surface area contributed by atoms with Gasteiger partial charge < -0.3 is 40.3 Å². The molecule has 66 heavy (non-hydrogen) atoms. The minimum absolute atomic E-state index is 0.000519. The molecular weight excluding hydrogens is 896 g/mol. The number of nitrogens with zero attached hydrogens (tertiary/aromatic N) is 5. The molecular formula is C46H52ClF2N9O7S. The predicted octanol–water partition coefficient (Wildman–Crippen LogP) is 6.37. The first-order chi connectivity index (χ1) is 31.4. The molecule has 2 aliphatic rings. The predicted molar refractivity (Wildman–Crippen MR) is 245 cm³/mol. The molecule has 7 rings (SSSR count). The van der Waals surface area contributed by atoms with Crippen LogP contribution in [-0.2, 0) is 25.7 Å². The Bertz CT molecular complexity index is 2480. The van der Waals surface area contributed by atoms with Crippen LogP contribution in [0.4, 0.5) is 20.3 Å². The molecule has 2 fully saturated rings. The zero-order chi connectivity index (χ0) is 47.2. The average Bonchev–Trinajstić information content (AvgIpc) is 4.12. The minimum atomic E-state index is -3.86. The Labute approximate surface area is 389 Å². The third-order valence-electron chi connectivity index (χ3n) is 11.4. The molecule has 4 atom stereocenters. The van der Waals surface area contributed by atoms with E-state index < -0.39 is 41.0 Å². The Morgan fingerprint density at radius 3 is 2.47 bits per heavy atom. The maximum atomic E-state index is 14.1. The summed E-state index contributed by atoms with van der Waals surface area (Å²) in [5, 5.41) is 26.2. The van der Waals surface area contributed by atoms with Crippen LogP contribution in [0.1, 0.15) is 61.6 Å². The van der Waals surface area contributed by atoms with E-state index in [4.69, 9.17) is 16.3 Å². The first kappa shape index (κ1) is 47.9. The Morgan fingerprint density at radius 2 is 1.80 bits per heavy atom. The van der Waals surface area contributed by atoms with E-state index in [2.05, 4.69) is 45.8 Å². The molecule has 5 aromatic rings. The molecule has 3 aromatic heterocycles. The number of carbonyl (C=O) groups excluding carboxylic acids is 4. The van der Waals surface area contributed by atoms with E-state index in [0.717, 1.165) is 28.1 Å². The van der Waals surface area contributed by atoms with Crippen LogP contribution in [0.15, 0.2) is 78.6 Å². The minimum Gasteiger partial charge on any atom is -0.420 e. The number of anilines is 2. The van der Waals surface area contributed by atoms with Crippen LogP contribution in [0, 0.1) is 18.3 Å². The van der Waals surface area contributed by atoms with Gasteiger partial charge >= 0.3 is 5.57 Å². The lowest BCUT2D eigenvalue weighted by Crippen LogP contribution is -2.57. The van der Waals surface area contributed by atoms with Gasteiger partial charge in [-0.2, -0.15) is 5.10 Å². The van der Waals surface area contributed by atoms with Crippen LogP contribution in [0.5, 0.6) is 5.75 Å². The number of benzene rings is 2. The number of halogens is 3. The summed E-state index contributed by atoms with van der Waals surface area (Å²) in [5.74, 6) is -1.10. The quantitative estimate of drug-likeness (QED) is 0.0512. The Balaban J connectivity index is 0.890. The molecule has 0 aliphatic carbocycles. The molecule has 0 bridgehead atoms. The van der Waals surface area contributed by atoms with E-state index in [9.17, 15) is 33.1 Å². The zero-order valence-electron chi connectivity index (χ0n) is 36.9. The standard InChI is InChI=1S/C46H52ClF2N9O7S/c1-27-39(66-26-52-27)30-7-5-28(6-8-30)21-51-43(62)37-20-33(59)24-58(37)44(63)40(45(2,3)4)55-38(60)15-18-64-25-29-14-17-57(23-29)41-35(36-13-16-53-56-36)19-31(22-50-41)42(61)54-32-9-11-34(12-10-32)65-46(47,48)49/h5-13,16,19,22,26,29,33,37,40,59H,14-15,17-18,20-21,23-25H2,1-4H3,(H,51,62)(H,53,56)(H,54,61)(H,55,60)/t29-,33+,37-,40+/m0/s1. The number of hydrogen-bond donors (Lipinski definition) is 5. The van der Waals surface area contributed by atoms with Crippen molar-refractivity contribution in [2.75, 3.05) is 43.1 Å². The smallest absolute Gasteiger partial charge is 0.420 e. The number of pyridine rings is 1. The highest BCUT2D eigenvalue weighted by molar-refractivity contribution is 7.13. The van der Waals surface area contributed by atoms with Gasteiger partial charge in [0.25, 0.3) is 5.91 Å². The topological polar surface area (TPSA) is 204 Å². The second-order valence-electron chi connectivity index (χ2n) is 17.5. The van der Waals surface area contributed by atoms with Gasteiger partial charge in [0.05, 0.1) is 46.7 Å². The zero-order valence-corrected chi connectivity index (χ0v) is 38.4. The molecule has 2 saturated heterocycles. The maximum Gasteiger partial charge on any atom is 0.487 e. The van der Waals surface area contributed by atoms with Gasteiger partial charge in [0, 0.05) is 80.2 Å². The molecule has 0 saturated carbocycles. The number of aliphatic hydroxyl groups excluding tert-OH is 1. The summed E-state index contributed by atoms with van der Waals surface area (Å²) in [4.78, 5) is 67.6. The van der Waals surface area contributed by atoms with Crippen molar-refractivity contribution in [2.45, 2.75) is 77.3 Å². The molecule has 5 N–H and O–H groups in total. The van der Waals surface area contributed by atoms with Gasteiger partial charge in [-0.25, -0.2) is 9.97 Å². The number of aromatic nitrogens is 4. The van der Waals surface area contributed by atoms with Crippen LogP contribution in [0.25, 0.3) is 21.7 Å². The summed E-state index contributed by atoms with van der Waals surface area (Å²) >= 11 is 6.40. The van der Waals surface area contributed by atoms with E-state index >= 15 is 0 Å². The first-order valence-electron chi connectivity index (χ1n) is 21.5. The van der Waals surface area contributed by atoms with E-state index in [1.54, 1.807) is 35.2 Å². The molecule has 2 aromatic carbocycles. The number of nitrogens with one attached hydrogen (secondary N) is 4. The van der Waals surface area contributed by atoms with Crippen molar-refractivity contribution >= 4 is 58.1 Å². The summed E-state index contributed by atoms with van der Waals surface area (Å²) in [6.07, 6.45) is 3.03. The van der Waals surface area contributed by atoms with Gasteiger partial charge in [0.2, 0.25) is 17.7 Å². The van der Waals surface area contributed by atoms with Crippen molar-refractivity contribution < 1.29 is 42.5 Å². The van der Waals surface area contributed by atoms with Crippen LogP contribution in [0.3, 0.4) is 0 Å². The van der Waals surface area contributed by atoms with Gasteiger partial charge in [0.1, 0.15) is 23.7 Å². The van der Waals surface area contributed by atoms with E-state index in [1.165, 1.54) is 35.4 Å². The fourth-order valence-corrected chi connectivity index (χ4v) is 8.87. The number of aryl methyl sites for hydroxylation is 1. The van der Waals surface area contributed by atoms with E-state index in [-0.39, 0.29) is 61.6 Å². The molecule has 2 aliphatic heterocycles. The number of aromatic amines is 1. The van der Waals surface area contributed by atoms with Crippen LogP contribution in [0.2, 0.25) is 0 Å². The third-order valence-corrected chi connectivity index (χ3v) is 12.4. The van der Waals surface area contributed by atoms with Crippen LogP contribution < -0.4 is 25.6 Å². The number of amides is 4. The lowest BCUT2D eigenvalue weighted by atomic mass is 9.85. The number of H-pyrrole nitrogens is 1. The lowest BCUT2D eigenvalue weighted by molar-refractivity contribution is -0.144. The van der Waals surface area contributed by atoms with Crippen molar-refractivity contribution in [1.82, 2.24) is 35.7 Å². The number of aliphatic hydroxyl groups is 1. The molecule has 350 valence electrons. The summed E-state index contributed by atoms with van der Waals surface area (Å²) in [7, 11) is 0. The molecule has 0 radical (unpaired) electrons. The Morgan fingerprint density at radius 1 is 1.05 bits per heavy atom. The van der Waals surface area contributed by atoms with Gasteiger partial charge in [-0.1, -0.05) is 45.0 Å². The average molecular weight is 948 g/mol. The highest BCUT2D eigenvalue weighted by Gasteiger charge is 2.44. The lowest BCUT2D eigenvalue weighted by Gasteiger charge is -2.35. The first-order valence-corrected chi connectivity index (χ1v) is 22.7. The summed E-state index contributed by atoms with van der Waals surface area (Å²) in [6, 6.07) is 14.8. The Kier molecular flexibility index (Phi) is 15.0. The van der Waals surface area contributed by atoms with Gasteiger partial charge in [-0.05, 0) is 66.3 Å². The van der Waals surface area contributed by atoms with Gasteiger partial charge in [0.15, 0.2) is 0 Å². The molecule has 0 unspecified atom stereocenters. The van der Waals surface area contributed by atoms with Gasteiger partial charge in [-0.15, -0.1) is 20.1 Å². The third kappa shape index (κ3) is 12.2. The van der Waals surface area contributed by atoms with Crippen molar-refractivity contribution in [1.29, 1.82) is 0 Å². The number of β-amino-alcohol motifs (C(OH)–C–C–N with tert-alkyl or cyclic N) is 1. The van der Waals surface area contributed by atoms with E-state index in [1.807, 2.05) is 52.0 Å². The number of likely N-dealkylation sites (tertiary alicyclic amines) is 1. The van der Waals surface area contributed by atoms with E-state index in [0.29, 0.717) is 42.5 Å². The number of carbonyl (C=O) groups is 4. The number of rotatable bonds is 17. The van der Waals surface area contributed by atoms with Crippen molar-refractivity contribution in [3.05, 3.63) is 95.4 Å². The highest BCUT2D eigenvalue weighted by Crippen LogP contribution is 2.34. The second kappa shape index (κ2) is 20.7. The monoisotopic (exact) mass is 947 g/mol. The number of ether oxygens (including phenoxy) is 2. The normalized spacial score (nSPS) is 18.0. The van der Waals surface area contributed by atoms with Crippen molar-refractivity contribution in [3.8, 4) is 27.4 Å². The Hall–Kier alpha value is -6.02. The van der Waals surface area contributed by atoms with Crippen LogP contribution >= 0.6 is 22.9 Å². The summed E-state index contributed by atoms with van der Waals surface area (Å²) in [5.41, 5.74) is 1.99. The largest absolute Gasteiger partial charge is 0.487 e. The number of alkyl halides is 3. The summed E-state index contributed by atoms with van der Waals surface area (Å²) < 4.78 is 36.3. The fraction of sp³-hybridized carbons (Fsp3) is 0.413. The molecule has 0 spiro atoms. The number of thiazole rings is 1. The fourth-order valence-electron chi connectivity index (χ4n) is 7.97. The van der Waals surface area contributed by atoms with Crippen LogP contribution in [-0.4, -0.2) is 110 Å². The molecule has 4 amide bonds. The molecule has 16 nitrogen and oxygen atoms in total. The molecule has 20 heteroatoms. The van der Waals surface area contributed by atoms with Crippen molar-refractivity contribution in [3.63, 3.8) is 0 Å². The molecule has 5 heterocycles. The highest BCUT2D eigenvalue weighted by atomic mass is 35.5. The van der Waals surface area contributed by atoms with Gasteiger partial charge in [-0.3, -0.25) is 24.3 Å². The van der Waals surface area contributed by atoms with Crippen molar-refractivity contribution in [2.24, 2.45) is 11.3 Å². The maximum absolute atomic E-state index is 14.1. The SMILES string of the molecule is Cc1ncsc1-c1ccc(CNC(=O)[C@@H]2C[C@@H](O)CN2C(=O)[C@@H](NC(=O)CCOC[C@H]2CCN(c3ncc(C(=O)Nc4ccc(OC(F)(F)Cl)cc4)cc3-c3ccn[nH]3)C2)C(C)(C)C)cc1.